The van der Waals surface area contributed by atoms with Crippen LogP contribution in [-0.4, -0.2) is 10.9 Å². The zero-order chi connectivity index (χ0) is 14.1. The van der Waals surface area contributed by atoms with Gasteiger partial charge in [0.2, 0.25) is 0 Å². The van der Waals surface area contributed by atoms with Gasteiger partial charge in [0, 0.05) is 17.3 Å². The summed E-state index contributed by atoms with van der Waals surface area (Å²) in [6.45, 7) is 0. The third-order valence-electron chi connectivity index (χ3n) is 2.79. The van der Waals surface area contributed by atoms with Gasteiger partial charge >= 0.3 is 0 Å². The zero-order valence-corrected chi connectivity index (χ0v) is 11.8. The lowest BCUT2D eigenvalue weighted by Crippen LogP contribution is -2.11. The molecule has 1 aromatic carbocycles. The Hall–Kier alpha value is -2.11. The van der Waals surface area contributed by atoms with E-state index in [1.54, 1.807) is 12.3 Å². The number of nitrogens with one attached hydrogen (secondary N) is 1. The molecule has 6 heteroatoms. The van der Waals surface area contributed by atoms with Crippen LogP contribution in [0.5, 0.6) is 0 Å². The van der Waals surface area contributed by atoms with Crippen molar-refractivity contribution in [3.8, 4) is 0 Å². The van der Waals surface area contributed by atoms with E-state index in [1.165, 1.54) is 11.3 Å². The zero-order valence-electron chi connectivity index (χ0n) is 10.3. The molecule has 0 aliphatic heterocycles. The highest BCUT2D eigenvalue weighted by molar-refractivity contribution is 7.21. The number of hydrogen-bond acceptors (Lipinski definition) is 4. The number of pyridine rings is 1. The number of hydrogen-bond donors (Lipinski definition) is 2. The predicted octanol–water partition coefficient (Wildman–Crippen LogP) is 3.78. The van der Waals surface area contributed by atoms with Crippen LogP contribution in [0.3, 0.4) is 0 Å². The fourth-order valence-corrected chi connectivity index (χ4v) is 2.95. The Labute approximate surface area is 124 Å². The lowest BCUT2D eigenvalue weighted by Gasteiger charge is -2.03. The molecule has 0 bridgehead atoms. The van der Waals surface area contributed by atoms with E-state index in [0.717, 1.165) is 5.69 Å². The van der Waals surface area contributed by atoms with Crippen molar-refractivity contribution in [2.45, 2.75) is 0 Å². The molecule has 2 aromatic heterocycles. The topological polar surface area (TPSA) is 68.0 Å². The van der Waals surface area contributed by atoms with Crippen LogP contribution in [0.25, 0.3) is 10.2 Å². The summed E-state index contributed by atoms with van der Waals surface area (Å²) in [5.41, 5.74) is 7.15. The molecule has 0 fully saturated rings. The number of anilines is 2. The number of rotatable bonds is 2. The number of benzene rings is 1. The monoisotopic (exact) mass is 303 g/mol. The number of para-hydroxylation sites is 1. The van der Waals surface area contributed by atoms with Crippen molar-refractivity contribution in [1.29, 1.82) is 0 Å². The van der Waals surface area contributed by atoms with E-state index in [-0.39, 0.29) is 5.91 Å². The quantitative estimate of drug-likeness (QED) is 0.757. The highest BCUT2D eigenvalue weighted by atomic mass is 35.5. The van der Waals surface area contributed by atoms with Gasteiger partial charge in [0.05, 0.1) is 10.7 Å². The van der Waals surface area contributed by atoms with Crippen LogP contribution in [-0.2, 0) is 0 Å². The molecule has 100 valence electrons. The minimum Gasteiger partial charge on any atom is -0.397 e. The smallest absolute Gasteiger partial charge is 0.267 e. The van der Waals surface area contributed by atoms with Crippen molar-refractivity contribution in [3.63, 3.8) is 0 Å². The van der Waals surface area contributed by atoms with Gasteiger partial charge in [0.15, 0.2) is 0 Å². The summed E-state index contributed by atoms with van der Waals surface area (Å²) < 4.78 is 0. The number of fused-ring (bicyclic) bond motifs is 1. The number of thiophene rings is 1. The number of amides is 1. The van der Waals surface area contributed by atoms with E-state index in [0.29, 0.717) is 25.8 Å². The number of halogens is 1. The van der Waals surface area contributed by atoms with Crippen molar-refractivity contribution in [2.24, 2.45) is 0 Å². The second-order valence-corrected chi connectivity index (χ2v) is 5.61. The molecule has 3 N–H and O–H groups in total. The fourth-order valence-electron chi connectivity index (χ4n) is 1.85. The average molecular weight is 304 g/mol. The van der Waals surface area contributed by atoms with Gasteiger partial charge in [-0.1, -0.05) is 29.8 Å². The second-order valence-electron chi connectivity index (χ2n) is 4.17. The Kier molecular flexibility index (Phi) is 3.30. The summed E-state index contributed by atoms with van der Waals surface area (Å²) in [5, 5.41) is 4.01. The summed E-state index contributed by atoms with van der Waals surface area (Å²) in [6, 6.07) is 10.9. The number of carbonyl (C=O) groups excluding carboxylic acids is 1. The first-order valence-corrected chi connectivity index (χ1v) is 7.04. The van der Waals surface area contributed by atoms with E-state index >= 15 is 0 Å². The third-order valence-corrected chi connectivity index (χ3v) is 4.12. The average Bonchev–Trinajstić information content (AvgIpc) is 2.77. The van der Waals surface area contributed by atoms with E-state index in [4.69, 9.17) is 17.3 Å². The molecule has 0 aliphatic rings. The van der Waals surface area contributed by atoms with Crippen molar-refractivity contribution in [1.82, 2.24) is 4.98 Å². The molecule has 0 saturated carbocycles. The number of aromatic nitrogens is 1. The number of nitrogen functional groups attached to an aromatic ring is 1. The Morgan fingerprint density at radius 2 is 2.05 bits per heavy atom. The molecule has 0 radical (unpaired) electrons. The maximum absolute atomic E-state index is 12.2. The van der Waals surface area contributed by atoms with Gasteiger partial charge in [-0.15, -0.1) is 11.3 Å². The molecule has 20 heavy (non-hydrogen) atoms. The van der Waals surface area contributed by atoms with Gasteiger partial charge in [-0.05, 0) is 18.2 Å². The molecule has 0 saturated heterocycles. The fraction of sp³-hybridized carbons (Fsp3) is 0. The summed E-state index contributed by atoms with van der Waals surface area (Å²) >= 11 is 7.15. The van der Waals surface area contributed by atoms with Crippen molar-refractivity contribution in [2.75, 3.05) is 11.1 Å². The van der Waals surface area contributed by atoms with Gasteiger partial charge in [0.25, 0.3) is 5.91 Å². The molecule has 0 unspecified atom stereocenters. The van der Waals surface area contributed by atoms with Gasteiger partial charge in [-0.25, -0.2) is 4.98 Å². The Bertz CT molecular complexity index is 786. The Morgan fingerprint density at radius 3 is 2.80 bits per heavy atom. The molecule has 4 nitrogen and oxygen atoms in total. The molecular formula is C14H10ClN3OS. The molecule has 0 spiro atoms. The second kappa shape index (κ2) is 5.11. The van der Waals surface area contributed by atoms with Crippen LogP contribution >= 0.6 is 22.9 Å². The lowest BCUT2D eigenvalue weighted by atomic mass is 10.2. The minimum absolute atomic E-state index is 0.243. The van der Waals surface area contributed by atoms with E-state index in [1.807, 2.05) is 30.3 Å². The van der Waals surface area contributed by atoms with Gasteiger partial charge in [-0.2, -0.15) is 0 Å². The molecule has 3 aromatic rings. The Balaban J connectivity index is 1.98. The first kappa shape index (κ1) is 12.9. The van der Waals surface area contributed by atoms with Crippen LogP contribution in [0.2, 0.25) is 5.02 Å². The normalized spacial score (nSPS) is 10.7. The minimum atomic E-state index is -0.243. The summed E-state index contributed by atoms with van der Waals surface area (Å²) in [7, 11) is 0. The standard InChI is InChI=1S/C14H10ClN3OS/c15-8-6-10-11(16)12(20-14(10)17-7-8)13(19)18-9-4-2-1-3-5-9/h1-7H,16H2,(H,18,19). The molecule has 2 heterocycles. The van der Waals surface area contributed by atoms with Crippen molar-refractivity contribution < 1.29 is 4.79 Å². The number of nitrogens with two attached hydrogens (primary N) is 1. The molecule has 1 amide bonds. The molecule has 0 atom stereocenters. The van der Waals surface area contributed by atoms with E-state index in [2.05, 4.69) is 10.3 Å². The van der Waals surface area contributed by atoms with E-state index < -0.39 is 0 Å². The van der Waals surface area contributed by atoms with Gasteiger partial charge in [0.1, 0.15) is 9.71 Å². The van der Waals surface area contributed by atoms with Crippen LogP contribution < -0.4 is 11.1 Å². The maximum atomic E-state index is 12.2. The summed E-state index contributed by atoms with van der Waals surface area (Å²) in [4.78, 5) is 17.6. The highest BCUT2D eigenvalue weighted by Crippen LogP contribution is 2.34. The van der Waals surface area contributed by atoms with Gasteiger partial charge < -0.3 is 11.1 Å². The lowest BCUT2D eigenvalue weighted by molar-refractivity contribution is 0.103. The molecular weight excluding hydrogens is 294 g/mol. The number of carbonyl (C=O) groups is 1. The number of nitrogens with zero attached hydrogens (tertiary/aromatic N) is 1. The third kappa shape index (κ3) is 2.33. The summed E-state index contributed by atoms with van der Waals surface area (Å²) in [6.07, 6.45) is 1.54. The first-order chi connectivity index (χ1) is 9.65. The van der Waals surface area contributed by atoms with E-state index in [9.17, 15) is 4.79 Å². The maximum Gasteiger partial charge on any atom is 0.267 e. The SMILES string of the molecule is Nc1c(C(=O)Nc2ccccc2)sc2ncc(Cl)cc12. The van der Waals surface area contributed by atoms with Crippen molar-refractivity contribution in [3.05, 3.63) is 52.5 Å². The van der Waals surface area contributed by atoms with Crippen LogP contribution in [0.15, 0.2) is 42.6 Å². The summed E-state index contributed by atoms with van der Waals surface area (Å²) in [5.74, 6) is -0.243. The highest BCUT2D eigenvalue weighted by Gasteiger charge is 2.17. The Morgan fingerprint density at radius 1 is 1.30 bits per heavy atom. The van der Waals surface area contributed by atoms with Crippen LogP contribution in [0.4, 0.5) is 11.4 Å². The molecule has 3 rings (SSSR count). The van der Waals surface area contributed by atoms with Crippen LogP contribution in [0, 0.1) is 0 Å². The van der Waals surface area contributed by atoms with Crippen molar-refractivity contribution >= 4 is 50.4 Å². The largest absolute Gasteiger partial charge is 0.397 e. The first-order valence-electron chi connectivity index (χ1n) is 5.85. The predicted molar refractivity (Wildman–Crippen MR) is 83.4 cm³/mol. The molecule has 0 aliphatic carbocycles. The van der Waals surface area contributed by atoms with Crippen LogP contribution in [0.1, 0.15) is 9.67 Å². The van der Waals surface area contributed by atoms with Gasteiger partial charge in [-0.3, -0.25) is 4.79 Å².